The van der Waals surface area contributed by atoms with Crippen molar-refractivity contribution in [2.45, 2.75) is 17.9 Å². The van der Waals surface area contributed by atoms with Gasteiger partial charge in [0.15, 0.2) is 26.1 Å². The highest BCUT2D eigenvalue weighted by molar-refractivity contribution is 7.92. The van der Waals surface area contributed by atoms with Gasteiger partial charge >= 0.3 is 5.97 Å². The molecule has 0 atom stereocenters. The number of hydrogen-bond acceptors (Lipinski definition) is 8. The Labute approximate surface area is 192 Å². The van der Waals surface area contributed by atoms with Crippen molar-refractivity contribution >= 4 is 43.3 Å². The highest BCUT2D eigenvalue weighted by Gasteiger charge is 2.21. The molecule has 0 bridgehead atoms. The van der Waals surface area contributed by atoms with Crippen molar-refractivity contribution in [1.82, 2.24) is 4.57 Å². The number of sulfone groups is 1. The summed E-state index contributed by atoms with van der Waals surface area (Å²) in [5.74, 6) is -1.74. The van der Waals surface area contributed by atoms with E-state index in [2.05, 4.69) is 4.99 Å². The molecule has 0 aliphatic carbocycles. The van der Waals surface area contributed by atoms with Gasteiger partial charge in [-0.25, -0.2) is 12.8 Å². The summed E-state index contributed by atoms with van der Waals surface area (Å²) in [4.78, 5) is 28.3. The van der Waals surface area contributed by atoms with E-state index in [0.29, 0.717) is 30.2 Å². The zero-order valence-corrected chi connectivity index (χ0v) is 19.1. The molecule has 4 rings (SSSR count). The van der Waals surface area contributed by atoms with Crippen molar-refractivity contribution in [3.05, 3.63) is 47.0 Å². The van der Waals surface area contributed by atoms with E-state index in [4.69, 9.17) is 14.2 Å². The first-order chi connectivity index (χ1) is 15.8. The van der Waals surface area contributed by atoms with Crippen molar-refractivity contribution in [3.63, 3.8) is 0 Å². The minimum atomic E-state index is -4.01. The molecule has 0 fully saturated rings. The number of thiazole rings is 1. The maximum atomic E-state index is 13.1. The first kappa shape index (κ1) is 22.9. The Morgan fingerprint density at radius 1 is 1.15 bits per heavy atom. The molecule has 174 valence electrons. The molecule has 1 aliphatic heterocycles. The van der Waals surface area contributed by atoms with Gasteiger partial charge in [0.05, 0.1) is 28.6 Å². The Balaban J connectivity index is 1.72. The van der Waals surface area contributed by atoms with Crippen LogP contribution in [0.3, 0.4) is 0 Å². The Morgan fingerprint density at radius 3 is 2.48 bits per heavy atom. The highest BCUT2D eigenvalue weighted by Crippen LogP contribution is 2.35. The Bertz CT molecular complexity index is 1390. The first-order valence-electron chi connectivity index (χ1n) is 9.82. The zero-order chi connectivity index (χ0) is 23.6. The van der Waals surface area contributed by atoms with Crippen LogP contribution in [-0.4, -0.2) is 50.9 Å². The number of benzene rings is 2. The van der Waals surface area contributed by atoms with E-state index >= 15 is 0 Å². The molecular weight excluding hydrogens is 475 g/mol. The molecule has 0 spiro atoms. The quantitative estimate of drug-likeness (QED) is 0.381. The predicted octanol–water partition coefficient (Wildman–Crippen LogP) is 2.08. The van der Waals surface area contributed by atoms with Gasteiger partial charge in [0.2, 0.25) is 0 Å². The van der Waals surface area contributed by atoms with Gasteiger partial charge in [-0.3, -0.25) is 9.59 Å². The number of aryl methyl sites for hydroxylation is 1. The van der Waals surface area contributed by atoms with Gasteiger partial charge in [0, 0.05) is 18.7 Å². The molecule has 1 aliphatic rings. The topological polar surface area (TPSA) is 113 Å². The van der Waals surface area contributed by atoms with Crippen LogP contribution in [0.1, 0.15) is 6.42 Å². The Morgan fingerprint density at radius 2 is 1.82 bits per heavy atom. The summed E-state index contributed by atoms with van der Waals surface area (Å²) < 4.78 is 56.4. The number of rotatable bonds is 6. The van der Waals surface area contributed by atoms with Crippen molar-refractivity contribution in [3.8, 4) is 11.5 Å². The number of ether oxygens (including phenoxy) is 3. The van der Waals surface area contributed by atoms with Crippen molar-refractivity contribution in [2.75, 3.05) is 26.1 Å². The number of hydrogen-bond donors (Lipinski definition) is 0. The third-order valence-electron chi connectivity index (χ3n) is 4.82. The number of aromatic nitrogens is 1. The number of halogens is 1. The van der Waals surface area contributed by atoms with Gasteiger partial charge in [0.25, 0.3) is 5.91 Å². The van der Waals surface area contributed by atoms with Gasteiger partial charge < -0.3 is 18.8 Å². The SMILES string of the molecule is COC(=O)CCn1c(=NC(=O)CS(=O)(=O)c2ccc(F)cc2)sc2cc3c(cc21)OCCO3. The van der Waals surface area contributed by atoms with Gasteiger partial charge in [0.1, 0.15) is 24.8 Å². The lowest BCUT2D eigenvalue weighted by Crippen LogP contribution is -2.22. The molecule has 0 saturated carbocycles. The first-order valence-corrected chi connectivity index (χ1v) is 12.3. The third kappa shape index (κ3) is 5.06. The molecule has 33 heavy (non-hydrogen) atoms. The maximum absolute atomic E-state index is 13.1. The van der Waals surface area contributed by atoms with Crippen LogP contribution in [0, 0.1) is 5.82 Å². The minimum Gasteiger partial charge on any atom is -0.486 e. The van der Waals surface area contributed by atoms with Gasteiger partial charge in [-0.2, -0.15) is 4.99 Å². The number of methoxy groups -OCH3 is 1. The molecule has 0 radical (unpaired) electrons. The molecule has 0 N–H and O–H groups in total. The molecule has 1 amide bonds. The zero-order valence-electron chi connectivity index (χ0n) is 17.4. The lowest BCUT2D eigenvalue weighted by Gasteiger charge is -2.18. The van der Waals surface area contributed by atoms with Crippen molar-refractivity contribution < 1.29 is 36.6 Å². The summed E-state index contributed by atoms with van der Waals surface area (Å²) in [7, 11) is -2.74. The molecular formula is C21H19FN2O7S2. The standard InChI is InChI=1S/C21H19FN2O7S2/c1-29-20(26)6-7-24-15-10-16-17(31-9-8-30-16)11-18(15)32-21(24)23-19(25)12-33(27,28)14-4-2-13(22)3-5-14/h2-5,10-11H,6-9,12H2,1H3. The normalized spacial score (nSPS) is 13.8. The molecule has 9 nitrogen and oxygen atoms in total. The van der Waals surface area contributed by atoms with E-state index < -0.39 is 33.3 Å². The van der Waals surface area contributed by atoms with E-state index in [0.717, 1.165) is 40.3 Å². The summed E-state index contributed by atoms with van der Waals surface area (Å²) in [5, 5.41) is 0. The fourth-order valence-corrected chi connectivity index (χ4v) is 5.43. The van der Waals surface area contributed by atoms with Gasteiger partial charge in [-0.05, 0) is 24.3 Å². The number of amides is 1. The number of esters is 1. The van der Waals surface area contributed by atoms with E-state index in [1.807, 2.05) is 0 Å². The number of nitrogens with zero attached hydrogens (tertiary/aromatic N) is 2. The molecule has 3 aromatic rings. The molecule has 2 aromatic carbocycles. The largest absolute Gasteiger partial charge is 0.486 e. The number of carbonyl (C=O) groups excluding carboxylic acids is 2. The third-order valence-corrected chi connectivity index (χ3v) is 7.48. The van der Waals surface area contributed by atoms with Crippen LogP contribution < -0.4 is 14.3 Å². The van der Waals surface area contributed by atoms with E-state index in [-0.39, 0.29) is 22.7 Å². The smallest absolute Gasteiger partial charge is 0.307 e. The van der Waals surface area contributed by atoms with Crippen molar-refractivity contribution in [2.24, 2.45) is 4.99 Å². The summed E-state index contributed by atoms with van der Waals surface area (Å²) in [6.07, 6.45) is 0.0199. The predicted molar refractivity (Wildman–Crippen MR) is 116 cm³/mol. The van der Waals surface area contributed by atoms with Crippen LogP contribution in [-0.2, 0) is 30.7 Å². The van der Waals surface area contributed by atoms with Crippen LogP contribution >= 0.6 is 11.3 Å². The van der Waals surface area contributed by atoms with Crippen LogP contribution in [0.5, 0.6) is 11.5 Å². The van der Waals surface area contributed by atoms with E-state index in [1.54, 1.807) is 16.7 Å². The van der Waals surface area contributed by atoms with E-state index in [1.165, 1.54) is 7.11 Å². The molecule has 1 aromatic heterocycles. The summed E-state index contributed by atoms with van der Waals surface area (Å²) >= 11 is 1.15. The average Bonchev–Trinajstić information content (AvgIpc) is 3.11. The Kier molecular flexibility index (Phi) is 6.47. The van der Waals surface area contributed by atoms with Crippen LogP contribution in [0.15, 0.2) is 46.3 Å². The summed E-state index contributed by atoms with van der Waals surface area (Å²) in [6.45, 7) is 0.952. The Hall–Kier alpha value is -3.25. The molecule has 0 unspecified atom stereocenters. The fraction of sp³-hybridized carbons (Fsp3) is 0.286. The second-order valence-corrected chi connectivity index (χ2v) is 10.0. The minimum absolute atomic E-state index is 0.0199. The average molecular weight is 495 g/mol. The number of carbonyl (C=O) groups is 2. The second-order valence-electron chi connectivity index (χ2n) is 7.04. The highest BCUT2D eigenvalue weighted by atomic mass is 32.2. The van der Waals surface area contributed by atoms with Gasteiger partial charge in [-0.15, -0.1) is 0 Å². The number of fused-ring (bicyclic) bond motifs is 2. The fourth-order valence-electron chi connectivity index (χ4n) is 3.24. The monoisotopic (exact) mass is 494 g/mol. The summed E-state index contributed by atoms with van der Waals surface area (Å²) in [6, 6.07) is 7.69. The lowest BCUT2D eigenvalue weighted by atomic mass is 10.2. The van der Waals surface area contributed by atoms with E-state index in [9.17, 15) is 22.4 Å². The van der Waals surface area contributed by atoms with Crippen LogP contribution in [0.4, 0.5) is 4.39 Å². The molecule has 2 heterocycles. The van der Waals surface area contributed by atoms with Crippen LogP contribution in [0.25, 0.3) is 10.2 Å². The maximum Gasteiger partial charge on any atom is 0.307 e. The van der Waals surface area contributed by atoms with Gasteiger partial charge in [-0.1, -0.05) is 11.3 Å². The summed E-state index contributed by atoms with van der Waals surface area (Å²) in [5.41, 5.74) is 0.654. The van der Waals surface area contributed by atoms with Crippen molar-refractivity contribution in [1.29, 1.82) is 0 Å². The molecule has 12 heteroatoms. The lowest BCUT2D eigenvalue weighted by molar-refractivity contribution is -0.140. The van der Waals surface area contributed by atoms with Crippen LogP contribution in [0.2, 0.25) is 0 Å². The second kappa shape index (κ2) is 9.32. The molecule has 0 saturated heterocycles.